The van der Waals surface area contributed by atoms with E-state index in [1.807, 2.05) is 13.1 Å². The molecule has 0 aliphatic heterocycles. The van der Waals surface area contributed by atoms with Crippen LogP contribution in [0.1, 0.15) is 24.5 Å². The number of carbonyl (C=O) groups excluding carboxylic acids is 1. The fourth-order valence-corrected chi connectivity index (χ4v) is 2.07. The highest BCUT2D eigenvalue weighted by Crippen LogP contribution is 2.20. The van der Waals surface area contributed by atoms with Crippen molar-refractivity contribution in [2.75, 3.05) is 0 Å². The summed E-state index contributed by atoms with van der Waals surface area (Å²) in [7, 11) is 0. The van der Waals surface area contributed by atoms with E-state index in [9.17, 15) is 4.79 Å². The molecule has 0 saturated carbocycles. The smallest absolute Gasteiger partial charge is 0.149 e. The number of rotatable bonds is 4. The summed E-state index contributed by atoms with van der Waals surface area (Å²) in [5.41, 5.74) is 9.32. The number of nitrogens with two attached hydrogens (primary N) is 1. The van der Waals surface area contributed by atoms with Gasteiger partial charge in [0.15, 0.2) is 0 Å². The highest BCUT2D eigenvalue weighted by Gasteiger charge is 2.14. The van der Waals surface area contributed by atoms with Crippen molar-refractivity contribution in [2.24, 2.45) is 5.73 Å². The molecular formula is C14H18N2O. The predicted molar refractivity (Wildman–Crippen MR) is 70.0 cm³/mol. The SMILES string of the molecule is CCC(=O)C(N)Cc1c[nH]c2ccc(C)cc12. The molecule has 0 spiro atoms. The minimum Gasteiger partial charge on any atom is -0.361 e. The van der Waals surface area contributed by atoms with E-state index in [2.05, 4.69) is 30.1 Å². The third-order valence-electron chi connectivity index (χ3n) is 3.12. The second kappa shape index (κ2) is 4.72. The van der Waals surface area contributed by atoms with E-state index in [-0.39, 0.29) is 11.8 Å². The Morgan fingerprint density at radius 3 is 2.94 bits per heavy atom. The van der Waals surface area contributed by atoms with Gasteiger partial charge in [-0.1, -0.05) is 18.6 Å². The van der Waals surface area contributed by atoms with Crippen molar-refractivity contribution in [3.63, 3.8) is 0 Å². The number of benzene rings is 1. The van der Waals surface area contributed by atoms with Crippen LogP contribution in [0.3, 0.4) is 0 Å². The second-order valence-corrected chi connectivity index (χ2v) is 4.49. The Labute approximate surface area is 101 Å². The highest BCUT2D eigenvalue weighted by molar-refractivity contribution is 5.87. The Bertz CT molecular complexity index is 542. The summed E-state index contributed by atoms with van der Waals surface area (Å²) in [6.07, 6.45) is 3.06. The number of nitrogens with one attached hydrogen (secondary N) is 1. The van der Waals surface area contributed by atoms with Crippen LogP contribution >= 0.6 is 0 Å². The minimum absolute atomic E-state index is 0.118. The zero-order valence-corrected chi connectivity index (χ0v) is 10.3. The third kappa shape index (κ3) is 2.39. The Hall–Kier alpha value is -1.61. The molecule has 0 aliphatic rings. The molecule has 90 valence electrons. The number of hydrogen-bond donors (Lipinski definition) is 2. The molecule has 0 fully saturated rings. The van der Waals surface area contributed by atoms with Gasteiger partial charge in [0.2, 0.25) is 0 Å². The molecule has 0 bridgehead atoms. The van der Waals surface area contributed by atoms with Crippen LogP contribution < -0.4 is 5.73 Å². The molecule has 3 heteroatoms. The number of H-pyrrole nitrogens is 1. The van der Waals surface area contributed by atoms with Crippen molar-refractivity contribution in [1.29, 1.82) is 0 Å². The molecule has 0 amide bonds. The molecule has 3 nitrogen and oxygen atoms in total. The summed E-state index contributed by atoms with van der Waals surface area (Å²) in [6.45, 7) is 3.91. The lowest BCUT2D eigenvalue weighted by Gasteiger charge is -2.08. The Kier molecular flexibility index (Phi) is 3.29. The predicted octanol–water partition coefficient (Wildman–Crippen LogP) is 2.33. The van der Waals surface area contributed by atoms with Crippen molar-refractivity contribution < 1.29 is 4.79 Å². The molecule has 2 rings (SSSR count). The zero-order chi connectivity index (χ0) is 12.4. The fraction of sp³-hybridized carbons (Fsp3) is 0.357. The van der Waals surface area contributed by atoms with Crippen molar-refractivity contribution >= 4 is 16.7 Å². The Morgan fingerprint density at radius 2 is 2.24 bits per heavy atom. The maximum absolute atomic E-state index is 11.5. The largest absolute Gasteiger partial charge is 0.361 e. The lowest BCUT2D eigenvalue weighted by atomic mass is 10.0. The molecule has 3 N–H and O–H groups in total. The molecule has 1 unspecified atom stereocenters. The summed E-state index contributed by atoms with van der Waals surface area (Å²) < 4.78 is 0. The van der Waals surface area contributed by atoms with E-state index >= 15 is 0 Å². The molecule has 0 saturated heterocycles. The molecule has 1 aromatic carbocycles. The van der Waals surface area contributed by atoms with Crippen molar-refractivity contribution in [3.8, 4) is 0 Å². The van der Waals surface area contributed by atoms with Gasteiger partial charge >= 0.3 is 0 Å². The Morgan fingerprint density at radius 1 is 1.47 bits per heavy atom. The third-order valence-corrected chi connectivity index (χ3v) is 3.12. The van der Waals surface area contributed by atoms with E-state index < -0.39 is 0 Å². The van der Waals surface area contributed by atoms with E-state index in [0.29, 0.717) is 12.8 Å². The number of aryl methyl sites for hydroxylation is 1. The van der Waals surface area contributed by atoms with Gasteiger partial charge in [-0.15, -0.1) is 0 Å². The summed E-state index contributed by atoms with van der Waals surface area (Å²) in [4.78, 5) is 14.7. The van der Waals surface area contributed by atoms with Gasteiger partial charge in [-0.25, -0.2) is 0 Å². The van der Waals surface area contributed by atoms with Crippen LogP contribution in [-0.4, -0.2) is 16.8 Å². The van der Waals surface area contributed by atoms with E-state index in [1.54, 1.807) is 0 Å². The normalized spacial score (nSPS) is 12.9. The number of aromatic nitrogens is 1. The molecule has 1 heterocycles. The maximum atomic E-state index is 11.5. The van der Waals surface area contributed by atoms with Crippen LogP contribution in [-0.2, 0) is 11.2 Å². The summed E-state index contributed by atoms with van der Waals surface area (Å²) in [6, 6.07) is 5.87. The number of Topliss-reactive ketones (excluding diaryl/α,β-unsaturated/α-hetero) is 1. The number of aromatic amines is 1. The van der Waals surface area contributed by atoms with Gasteiger partial charge in [-0.3, -0.25) is 4.79 Å². The summed E-state index contributed by atoms with van der Waals surface area (Å²) >= 11 is 0. The topological polar surface area (TPSA) is 58.9 Å². The zero-order valence-electron chi connectivity index (χ0n) is 10.3. The number of carbonyl (C=O) groups is 1. The molecule has 1 aromatic heterocycles. The van der Waals surface area contributed by atoms with Gasteiger partial charge < -0.3 is 10.7 Å². The number of ketones is 1. The first-order chi connectivity index (χ1) is 8.11. The number of hydrogen-bond acceptors (Lipinski definition) is 2. The van der Waals surface area contributed by atoms with Gasteiger partial charge in [0.05, 0.1) is 6.04 Å². The van der Waals surface area contributed by atoms with Gasteiger partial charge in [-0.2, -0.15) is 0 Å². The van der Waals surface area contributed by atoms with Gasteiger partial charge in [0, 0.05) is 23.5 Å². The average Bonchev–Trinajstić information content (AvgIpc) is 2.71. The van der Waals surface area contributed by atoms with Gasteiger partial charge in [0.1, 0.15) is 5.78 Å². The molecule has 2 aromatic rings. The van der Waals surface area contributed by atoms with Crippen LogP contribution in [0.15, 0.2) is 24.4 Å². The molecule has 0 aliphatic carbocycles. The highest BCUT2D eigenvalue weighted by atomic mass is 16.1. The number of fused-ring (bicyclic) bond motifs is 1. The lowest BCUT2D eigenvalue weighted by Crippen LogP contribution is -2.31. The van der Waals surface area contributed by atoms with Crippen molar-refractivity contribution in [2.45, 2.75) is 32.7 Å². The average molecular weight is 230 g/mol. The van der Waals surface area contributed by atoms with Crippen molar-refractivity contribution in [1.82, 2.24) is 4.98 Å². The quantitative estimate of drug-likeness (QED) is 0.846. The van der Waals surface area contributed by atoms with Crippen LogP contribution in [0, 0.1) is 6.92 Å². The first-order valence-corrected chi connectivity index (χ1v) is 5.96. The van der Waals surface area contributed by atoms with E-state index in [0.717, 1.165) is 11.1 Å². The van der Waals surface area contributed by atoms with E-state index in [4.69, 9.17) is 5.73 Å². The Balaban J connectivity index is 2.30. The molecular weight excluding hydrogens is 212 g/mol. The molecule has 0 radical (unpaired) electrons. The summed E-state index contributed by atoms with van der Waals surface area (Å²) in [5.74, 6) is 0.118. The maximum Gasteiger partial charge on any atom is 0.149 e. The monoisotopic (exact) mass is 230 g/mol. The van der Waals surface area contributed by atoms with Crippen LogP contribution in [0.5, 0.6) is 0 Å². The molecule has 17 heavy (non-hydrogen) atoms. The molecule has 1 atom stereocenters. The standard InChI is InChI=1S/C14H18N2O/c1-3-14(17)12(15)7-10-8-16-13-5-4-9(2)6-11(10)13/h4-6,8,12,16H,3,7,15H2,1-2H3. The first-order valence-electron chi connectivity index (χ1n) is 5.96. The van der Waals surface area contributed by atoms with Crippen LogP contribution in [0.2, 0.25) is 0 Å². The van der Waals surface area contributed by atoms with Gasteiger partial charge in [-0.05, 0) is 31.0 Å². The second-order valence-electron chi connectivity index (χ2n) is 4.49. The van der Waals surface area contributed by atoms with Crippen LogP contribution in [0.4, 0.5) is 0 Å². The lowest BCUT2D eigenvalue weighted by molar-refractivity contribution is -0.119. The van der Waals surface area contributed by atoms with Crippen molar-refractivity contribution in [3.05, 3.63) is 35.5 Å². The van der Waals surface area contributed by atoms with Crippen LogP contribution in [0.25, 0.3) is 10.9 Å². The summed E-state index contributed by atoms with van der Waals surface area (Å²) in [5, 5.41) is 1.17. The minimum atomic E-state index is -0.389. The fourth-order valence-electron chi connectivity index (χ4n) is 2.07. The van der Waals surface area contributed by atoms with E-state index in [1.165, 1.54) is 10.9 Å². The van der Waals surface area contributed by atoms with Gasteiger partial charge in [0.25, 0.3) is 0 Å². The first kappa shape index (κ1) is 11.9.